The molecule has 2 aromatic carbocycles. The molecule has 1 aliphatic carbocycles. The third-order valence-electron chi connectivity index (χ3n) is 6.80. The van der Waals surface area contributed by atoms with Crippen LogP contribution < -0.4 is 15.5 Å². The lowest BCUT2D eigenvalue weighted by atomic mass is 9.99. The highest BCUT2D eigenvalue weighted by molar-refractivity contribution is 6.02. The number of piperazine rings is 1. The number of nitrogens with one attached hydrogen (secondary N) is 2. The Labute approximate surface area is 194 Å². The fraction of sp³-hybridized carbons (Fsp3) is 0.423. The molecule has 7 heteroatoms. The quantitative estimate of drug-likeness (QED) is 0.740. The summed E-state index contributed by atoms with van der Waals surface area (Å²) in [5.74, 6) is 0.194. The molecule has 33 heavy (non-hydrogen) atoms. The van der Waals surface area contributed by atoms with Crippen LogP contribution in [0.3, 0.4) is 0 Å². The molecule has 3 fully saturated rings. The maximum Gasteiger partial charge on any atom is 0.256 e. The topological polar surface area (TPSA) is 88.5 Å². The van der Waals surface area contributed by atoms with Crippen molar-refractivity contribution in [2.24, 2.45) is 5.92 Å². The molecule has 2 aliphatic heterocycles. The minimum atomic E-state index is -0.139. The van der Waals surface area contributed by atoms with Crippen molar-refractivity contribution in [1.82, 2.24) is 10.2 Å². The average molecular weight is 444 g/mol. The van der Waals surface area contributed by atoms with Crippen LogP contribution in [0.5, 0.6) is 0 Å². The van der Waals surface area contributed by atoms with E-state index < -0.39 is 0 Å². The second kappa shape index (κ2) is 9.24. The SMILES string of the molecule is N#Cc1cccc([C@H]2CNCCN2C(=O)c2ccc(NC(=O)C3CC3)cc2N2CCCC2)c1. The van der Waals surface area contributed by atoms with Crippen LogP contribution in [0.2, 0.25) is 0 Å². The smallest absolute Gasteiger partial charge is 0.256 e. The normalized spacial score (nSPS) is 20.4. The second-order valence-corrected chi connectivity index (χ2v) is 9.15. The van der Waals surface area contributed by atoms with Crippen LogP contribution in [0.15, 0.2) is 42.5 Å². The summed E-state index contributed by atoms with van der Waals surface area (Å²) in [6, 6.07) is 15.2. The van der Waals surface area contributed by atoms with Crippen molar-refractivity contribution < 1.29 is 9.59 Å². The van der Waals surface area contributed by atoms with Gasteiger partial charge in [0.2, 0.25) is 5.91 Å². The molecule has 2 aromatic rings. The number of amides is 2. The van der Waals surface area contributed by atoms with Crippen molar-refractivity contribution in [2.75, 3.05) is 42.9 Å². The number of hydrogen-bond donors (Lipinski definition) is 2. The van der Waals surface area contributed by atoms with Crippen molar-refractivity contribution >= 4 is 23.2 Å². The van der Waals surface area contributed by atoms with E-state index in [-0.39, 0.29) is 23.8 Å². The Balaban J connectivity index is 1.46. The number of anilines is 2. The molecule has 0 spiro atoms. The molecule has 2 saturated heterocycles. The van der Waals surface area contributed by atoms with Crippen LogP contribution in [0, 0.1) is 17.2 Å². The zero-order chi connectivity index (χ0) is 22.8. The molecule has 1 atom stereocenters. The number of benzene rings is 2. The fourth-order valence-corrected chi connectivity index (χ4v) is 4.82. The molecular formula is C26H29N5O2. The molecule has 1 saturated carbocycles. The number of nitrogens with zero attached hydrogens (tertiary/aromatic N) is 3. The van der Waals surface area contributed by atoms with E-state index >= 15 is 0 Å². The first kappa shape index (κ1) is 21.5. The molecule has 5 rings (SSSR count). The minimum absolute atomic E-state index is 0.00849. The highest BCUT2D eigenvalue weighted by Gasteiger charge is 2.32. The lowest BCUT2D eigenvalue weighted by Gasteiger charge is -2.37. The molecule has 7 nitrogen and oxygen atoms in total. The van der Waals surface area contributed by atoms with Crippen LogP contribution in [0.4, 0.5) is 11.4 Å². The number of rotatable bonds is 5. The Bertz CT molecular complexity index is 1100. The third kappa shape index (κ3) is 4.57. The summed E-state index contributed by atoms with van der Waals surface area (Å²) in [7, 11) is 0. The van der Waals surface area contributed by atoms with Gasteiger partial charge in [-0.3, -0.25) is 9.59 Å². The Morgan fingerprint density at radius 2 is 1.88 bits per heavy atom. The van der Waals surface area contributed by atoms with Crippen molar-refractivity contribution in [1.29, 1.82) is 5.26 Å². The third-order valence-corrected chi connectivity index (χ3v) is 6.80. The second-order valence-electron chi connectivity index (χ2n) is 9.15. The summed E-state index contributed by atoms with van der Waals surface area (Å²) >= 11 is 0. The number of carbonyl (C=O) groups excluding carboxylic acids is 2. The minimum Gasteiger partial charge on any atom is -0.371 e. The van der Waals surface area contributed by atoms with Gasteiger partial charge < -0.3 is 20.4 Å². The Morgan fingerprint density at radius 3 is 2.64 bits per heavy atom. The van der Waals surface area contributed by atoms with Gasteiger partial charge in [-0.05, 0) is 61.6 Å². The Kier molecular flexibility index (Phi) is 6.01. The van der Waals surface area contributed by atoms with Gasteiger partial charge in [-0.15, -0.1) is 0 Å². The molecule has 2 N–H and O–H groups in total. The van der Waals surface area contributed by atoms with Crippen LogP contribution in [0.25, 0.3) is 0 Å². The summed E-state index contributed by atoms with van der Waals surface area (Å²) in [6.07, 6.45) is 4.12. The van der Waals surface area contributed by atoms with Gasteiger partial charge in [-0.2, -0.15) is 5.26 Å². The first-order valence-electron chi connectivity index (χ1n) is 11.9. The van der Waals surface area contributed by atoms with E-state index in [1.165, 1.54) is 0 Å². The van der Waals surface area contributed by atoms with E-state index in [9.17, 15) is 14.9 Å². The largest absolute Gasteiger partial charge is 0.371 e. The van der Waals surface area contributed by atoms with Gasteiger partial charge in [0, 0.05) is 44.3 Å². The van der Waals surface area contributed by atoms with E-state index in [0.29, 0.717) is 24.2 Å². The monoisotopic (exact) mass is 443 g/mol. The summed E-state index contributed by atoms with van der Waals surface area (Å²) < 4.78 is 0. The van der Waals surface area contributed by atoms with Gasteiger partial charge in [0.25, 0.3) is 5.91 Å². The summed E-state index contributed by atoms with van der Waals surface area (Å²) in [5.41, 5.74) is 3.88. The fourth-order valence-electron chi connectivity index (χ4n) is 4.82. The predicted octanol–water partition coefficient (Wildman–Crippen LogP) is 3.29. The molecule has 0 radical (unpaired) electrons. The van der Waals surface area contributed by atoms with E-state index in [1.54, 1.807) is 6.07 Å². The van der Waals surface area contributed by atoms with Gasteiger partial charge in [-0.1, -0.05) is 12.1 Å². The zero-order valence-corrected chi connectivity index (χ0v) is 18.7. The van der Waals surface area contributed by atoms with E-state index in [1.807, 2.05) is 41.3 Å². The molecular weight excluding hydrogens is 414 g/mol. The number of carbonyl (C=O) groups is 2. The maximum atomic E-state index is 13.9. The number of hydrogen-bond acceptors (Lipinski definition) is 5. The highest BCUT2D eigenvalue weighted by atomic mass is 16.2. The van der Waals surface area contributed by atoms with Crippen molar-refractivity contribution in [3.8, 4) is 6.07 Å². The van der Waals surface area contributed by atoms with Gasteiger partial charge in [0.1, 0.15) is 0 Å². The predicted molar refractivity (Wildman–Crippen MR) is 127 cm³/mol. The molecule has 0 aromatic heterocycles. The summed E-state index contributed by atoms with van der Waals surface area (Å²) in [6.45, 7) is 3.80. The average Bonchev–Trinajstić information content (AvgIpc) is 3.58. The van der Waals surface area contributed by atoms with Crippen LogP contribution in [0.1, 0.15) is 53.2 Å². The number of nitriles is 1. The lowest BCUT2D eigenvalue weighted by Crippen LogP contribution is -2.49. The highest BCUT2D eigenvalue weighted by Crippen LogP contribution is 2.34. The van der Waals surface area contributed by atoms with Gasteiger partial charge in [0.15, 0.2) is 0 Å². The molecule has 2 heterocycles. The maximum absolute atomic E-state index is 13.9. The lowest BCUT2D eigenvalue weighted by molar-refractivity contribution is -0.117. The Hall–Kier alpha value is -3.37. The molecule has 170 valence electrons. The first-order chi connectivity index (χ1) is 16.1. The molecule has 0 bridgehead atoms. The van der Waals surface area contributed by atoms with Crippen LogP contribution in [-0.4, -0.2) is 49.4 Å². The molecule has 0 unspecified atom stereocenters. The van der Waals surface area contributed by atoms with Crippen molar-refractivity contribution in [2.45, 2.75) is 31.7 Å². The molecule has 2 amide bonds. The van der Waals surface area contributed by atoms with E-state index in [0.717, 1.165) is 62.3 Å². The standard InChI is InChI=1S/C26H29N5O2/c27-16-18-4-3-5-20(14-18)24-17-28-10-13-31(24)26(33)22-9-8-21(29-25(32)19-6-7-19)15-23(22)30-11-1-2-12-30/h3-5,8-9,14-15,19,24,28H,1-2,6-7,10-13,17H2,(H,29,32)/t24-/m1/s1. The van der Waals surface area contributed by atoms with Gasteiger partial charge in [-0.25, -0.2) is 0 Å². The summed E-state index contributed by atoms with van der Waals surface area (Å²) in [5, 5.41) is 15.7. The zero-order valence-electron chi connectivity index (χ0n) is 18.7. The van der Waals surface area contributed by atoms with E-state index in [2.05, 4.69) is 21.6 Å². The van der Waals surface area contributed by atoms with Crippen LogP contribution >= 0.6 is 0 Å². The van der Waals surface area contributed by atoms with Crippen LogP contribution in [-0.2, 0) is 4.79 Å². The Morgan fingerprint density at radius 1 is 1.06 bits per heavy atom. The van der Waals surface area contributed by atoms with Crippen molar-refractivity contribution in [3.05, 3.63) is 59.2 Å². The summed E-state index contributed by atoms with van der Waals surface area (Å²) in [4.78, 5) is 30.4. The molecule has 3 aliphatic rings. The van der Waals surface area contributed by atoms with Gasteiger partial charge >= 0.3 is 0 Å². The van der Waals surface area contributed by atoms with Gasteiger partial charge in [0.05, 0.1) is 28.9 Å². The first-order valence-corrected chi connectivity index (χ1v) is 11.9. The van der Waals surface area contributed by atoms with Crippen molar-refractivity contribution in [3.63, 3.8) is 0 Å². The van der Waals surface area contributed by atoms with E-state index in [4.69, 9.17) is 0 Å².